The van der Waals surface area contributed by atoms with Gasteiger partial charge in [0.2, 0.25) is 0 Å². The molecule has 3 nitrogen and oxygen atoms in total. The SMILES string of the molecule is CCCNCc1ccccc1C[C@@H](O)CO. The molecule has 0 aromatic heterocycles. The molecule has 1 rings (SSSR count). The van der Waals surface area contributed by atoms with Crippen molar-refractivity contribution in [2.45, 2.75) is 32.4 Å². The summed E-state index contributed by atoms with van der Waals surface area (Å²) in [4.78, 5) is 0. The van der Waals surface area contributed by atoms with E-state index in [2.05, 4.69) is 18.3 Å². The van der Waals surface area contributed by atoms with Crippen LogP contribution in [-0.4, -0.2) is 29.5 Å². The van der Waals surface area contributed by atoms with Gasteiger partial charge < -0.3 is 15.5 Å². The number of nitrogens with one attached hydrogen (secondary N) is 1. The van der Waals surface area contributed by atoms with Crippen LogP contribution in [0.4, 0.5) is 0 Å². The molecular weight excluding hydrogens is 202 g/mol. The summed E-state index contributed by atoms with van der Waals surface area (Å²) in [6.45, 7) is 3.77. The van der Waals surface area contributed by atoms with Crippen LogP contribution in [-0.2, 0) is 13.0 Å². The summed E-state index contributed by atoms with van der Waals surface area (Å²) in [6, 6.07) is 8.02. The first-order valence-electron chi connectivity index (χ1n) is 5.84. The molecular formula is C13H21NO2. The van der Waals surface area contributed by atoms with E-state index in [0.717, 1.165) is 25.1 Å². The van der Waals surface area contributed by atoms with Crippen molar-refractivity contribution in [2.75, 3.05) is 13.2 Å². The van der Waals surface area contributed by atoms with E-state index in [1.54, 1.807) is 0 Å². The lowest BCUT2D eigenvalue weighted by atomic mass is 10.0. The molecule has 0 heterocycles. The molecule has 90 valence electrons. The van der Waals surface area contributed by atoms with Crippen LogP contribution < -0.4 is 5.32 Å². The van der Waals surface area contributed by atoms with Crippen LogP contribution in [0.15, 0.2) is 24.3 Å². The first-order chi connectivity index (χ1) is 7.77. The first-order valence-corrected chi connectivity index (χ1v) is 5.84. The minimum absolute atomic E-state index is 0.184. The lowest BCUT2D eigenvalue weighted by Gasteiger charge is -2.12. The van der Waals surface area contributed by atoms with Crippen molar-refractivity contribution in [3.63, 3.8) is 0 Å². The normalized spacial score (nSPS) is 12.7. The standard InChI is InChI=1S/C13H21NO2/c1-2-7-14-9-12-6-4-3-5-11(12)8-13(16)10-15/h3-6,13-16H,2,7-10H2,1H3/t13-/m1/s1. The summed E-state index contributed by atoms with van der Waals surface area (Å²) in [5.74, 6) is 0. The second-order valence-corrected chi connectivity index (χ2v) is 3.99. The van der Waals surface area contributed by atoms with Crippen molar-refractivity contribution in [3.8, 4) is 0 Å². The van der Waals surface area contributed by atoms with E-state index in [4.69, 9.17) is 5.11 Å². The van der Waals surface area contributed by atoms with Gasteiger partial charge >= 0.3 is 0 Å². The maximum atomic E-state index is 9.44. The molecule has 1 atom stereocenters. The lowest BCUT2D eigenvalue weighted by molar-refractivity contribution is 0.0953. The van der Waals surface area contributed by atoms with Gasteiger partial charge in [-0.25, -0.2) is 0 Å². The molecule has 0 amide bonds. The topological polar surface area (TPSA) is 52.5 Å². The number of aliphatic hydroxyl groups is 2. The van der Waals surface area contributed by atoms with E-state index in [1.165, 1.54) is 5.56 Å². The Morgan fingerprint density at radius 3 is 2.56 bits per heavy atom. The molecule has 0 aliphatic rings. The second-order valence-electron chi connectivity index (χ2n) is 3.99. The van der Waals surface area contributed by atoms with E-state index in [9.17, 15) is 5.11 Å². The predicted molar refractivity (Wildman–Crippen MR) is 65.2 cm³/mol. The van der Waals surface area contributed by atoms with Gasteiger partial charge in [0, 0.05) is 13.0 Å². The third-order valence-electron chi connectivity index (χ3n) is 2.53. The molecule has 0 aliphatic carbocycles. The lowest BCUT2D eigenvalue weighted by Crippen LogP contribution is -2.19. The van der Waals surface area contributed by atoms with Crippen molar-refractivity contribution in [3.05, 3.63) is 35.4 Å². The van der Waals surface area contributed by atoms with Crippen LogP contribution in [0.3, 0.4) is 0 Å². The highest BCUT2D eigenvalue weighted by molar-refractivity contribution is 5.27. The maximum Gasteiger partial charge on any atom is 0.0811 e. The Balaban J connectivity index is 2.60. The Bertz CT molecular complexity index is 302. The Kier molecular flexibility index (Phi) is 6.08. The summed E-state index contributed by atoms with van der Waals surface area (Å²) in [5.41, 5.74) is 2.30. The van der Waals surface area contributed by atoms with Gasteiger partial charge in [-0.3, -0.25) is 0 Å². The molecule has 0 bridgehead atoms. The Hall–Kier alpha value is -0.900. The van der Waals surface area contributed by atoms with Gasteiger partial charge in [0.05, 0.1) is 12.7 Å². The number of hydrogen-bond donors (Lipinski definition) is 3. The summed E-state index contributed by atoms with van der Waals surface area (Å²) >= 11 is 0. The quantitative estimate of drug-likeness (QED) is 0.606. The molecule has 0 saturated heterocycles. The molecule has 0 radical (unpaired) electrons. The second kappa shape index (κ2) is 7.39. The molecule has 1 aromatic carbocycles. The van der Waals surface area contributed by atoms with Crippen molar-refractivity contribution >= 4 is 0 Å². The van der Waals surface area contributed by atoms with Crippen molar-refractivity contribution in [1.82, 2.24) is 5.32 Å². The fourth-order valence-corrected chi connectivity index (χ4v) is 1.65. The van der Waals surface area contributed by atoms with Crippen LogP contribution in [0.1, 0.15) is 24.5 Å². The van der Waals surface area contributed by atoms with Gasteiger partial charge in [0.1, 0.15) is 0 Å². The molecule has 0 saturated carbocycles. The van der Waals surface area contributed by atoms with Crippen molar-refractivity contribution < 1.29 is 10.2 Å². The van der Waals surface area contributed by atoms with Crippen molar-refractivity contribution in [2.24, 2.45) is 0 Å². The molecule has 0 aliphatic heterocycles. The molecule has 0 fully saturated rings. The Labute approximate surface area is 97.1 Å². The molecule has 3 N–H and O–H groups in total. The molecule has 1 aromatic rings. The smallest absolute Gasteiger partial charge is 0.0811 e. The largest absolute Gasteiger partial charge is 0.394 e. The monoisotopic (exact) mass is 223 g/mol. The average Bonchev–Trinajstić information content (AvgIpc) is 2.31. The van der Waals surface area contributed by atoms with E-state index < -0.39 is 6.10 Å². The zero-order chi connectivity index (χ0) is 11.8. The molecule has 0 spiro atoms. The highest BCUT2D eigenvalue weighted by Crippen LogP contribution is 2.11. The fourth-order valence-electron chi connectivity index (χ4n) is 1.65. The van der Waals surface area contributed by atoms with Crippen LogP contribution >= 0.6 is 0 Å². The van der Waals surface area contributed by atoms with Gasteiger partial charge in [0.25, 0.3) is 0 Å². The number of hydrogen-bond acceptors (Lipinski definition) is 3. The summed E-state index contributed by atoms with van der Waals surface area (Å²) in [5, 5.41) is 21.6. The van der Waals surface area contributed by atoms with Gasteiger partial charge in [0.15, 0.2) is 0 Å². The average molecular weight is 223 g/mol. The van der Waals surface area contributed by atoms with Gasteiger partial charge in [-0.05, 0) is 24.1 Å². The predicted octanol–water partition coefficient (Wildman–Crippen LogP) is 1.08. The van der Waals surface area contributed by atoms with Gasteiger partial charge in [-0.15, -0.1) is 0 Å². The highest BCUT2D eigenvalue weighted by atomic mass is 16.3. The van der Waals surface area contributed by atoms with Crippen LogP contribution in [0, 0.1) is 0 Å². The Morgan fingerprint density at radius 1 is 1.25 bits per heavy atom. The molecule has 0 unspecified atom stereocenters. The van der Waals surface area contributed by atoms with Crippen LogP contribution in [0.25, 0.3) is 0 Å². The third kappa shape index (κ3) is 4.31. The van der Waals surface area contributed by atoms with E-state index in [0.29, 0.717) is 6.42 Å². The van der Waals surface area contributed by atoms with E-state index in [1.807, 2.05) is 18.2 Å². The van der Waals surface area contributed by atoms with E-state index in [-0.39, 0.29) is 6.61 Å². The summed E-state index contributed by atoms with van der Waals surface area (Å²) < 4.78 is 0. The number of aliphatic hydroxyl groups excluding tert-OH is 2. The summed E-state index contributed by atoms with van der Waals surface area (Å²) in [7, 11) is 0. The Morgan fingerprint density at radius 2 is 1.94 bits per heavy atom. The first kappa shape index (κ1) is 13.2. The highest BCUT2D eigenvalue weighted by Gasteiger charge is 2.07. The number of rotatable bonds is 7. The zero-order valence-electron chi connectivity index (χ0n) is 9.82. The zero-order valence-corrected chi connectivity index (χ0v) is 9.82. The molecule has 3 heteroatoms. The number of benzene rings is 1. The van der Waals surface area contributed by atoms with Gasteiger partial charge in [-0.2, -0.15) is 0 Å². The van der Waals surface area contributed by atoms with Crippen LogP contribution in [0.5, 0.6) is 0 Å². The summed E-state index contributed by atoms with van der Waals surface area (Å²) in [6.07, 6.45) is 0.967. The van der Waals surface area contributed by atoms with E-state index >= 15 is 0 Å². The van der Waals surface area contributed by atoms with Gasteiger partial charge in [-0.1, -0.05) is 31.2 Å². The third-order valence-corrected chi connectivity index (χ3v) is 2.53. The minimum atomic E-state index is -0.660. The maximum absolute atomic E-state index is 9.44. The van der Waals surface area contributed by atoms with Crippen LogP contribution in [0.2, 0.25) is 0 Å². The van der Waals surface area contributed by atoms with Crippen molar-refractivity contribution in [1.29, 1.82) is 0 Å². The molecule has 16 heavy (non-hydrogen) atoms. The fraction of sp³-hybridized carbons (Fsp3) is 0.538. The minimum Gasteiger partial charge on any atom is -0.394 e.